The second-order valence-electron chi connectivity index (χ2n) is 12.4. The average Bonchev–Trinajstić information content (AvgIpc) is 2.89. The van der Waals surface area contributed by atoms with Crippen molar-refractivity contribution in [2.75, 3.05) is 10.6 Å². The lowest BCUT2D eigenvalue weighted by Gasteiger charge is -2.31. The highest BCUT2D eigenvalue weighted by molar-refractivity contribution is 6.10. The molecule has 7 heteroatoms. The summed E-state index contributed by atoms with van der Waals surface area (Å²) in [6.07, 6.45) is 5.33. The monoisotopic (exact) mass is 557 g/mol. The number of anilines is 2. The fourth-order valence-corrected chi connectivity index (χ4v) is 5.86. The van der Waals surface area contributed by atoms with Gasteiger partial charge >= 0.3 is 12.0 Å². The number of ether oxygens (including phenoxy) is 1. The fourth-order valence-electron chi connectivity index (χ4n) is 5.86. The van der Waals surface area contributed by atoms with Crippen molar-refractivity contribution in [1.29, 1.82) is 0 Å². The minimum atomic E-state index is -0.602. The molecule has 0 aromatic heterocycles. The van der Waals surface area contributed by atoms with Crippen LogP contribution in [0, 0.1) is 26.7 Å². The molecule has 1 fully saturated rings. The Hall–Kier alpha value is -3.87. The lowest BCUT2D eigenvalue weighted by atomic mass is 9.82. The van der Waals surface area contributed by atoms with Crippen LogP contribution in [-0.2, 0) is 9.53 Å². The Kier molecular flexibility index (Phi) is 9.36. The normalized spacial score (nSPS) is 14.8. The molecule has 1 aliphatic rings. The number of benzene rings is 3. The summed E-state index contributed by atoms with van der Waals surface area (Å²) >= 11 is 0. The van der Waals surface area contributed by atoms with Gasteiger partial charge in [-0.3, -0.25) is 9.59 Å². The molecular formula is C34H43N3O4. The Morgan fingerprint density at radius 1 is 0.878 bits per heavy atom. The van der Waals surface area contributed by atoms with Crippen molar-refractivity contribution in [2.45, 2.75) is 91.7 Å². The number of hydrogen-bond acceptors (Lipinski definition) is 4. The van der Waals surface area contributed by atoms with Gasteiger partial charge in [0.1, 0.15) is 5.60 Å². The molecule has 41 heavy (non-hydrogen) atoms. The van der Waals surface area contributed by atoms with Gasteiger partial charge in [-0.1, -0.05) is 61.2 Å². The van der Waals surface area contributed by atoms with Gasteiger partial charge in [0.15, 0.2) is 0 Å². The van der Waals surface area contributed by atoms with Gasteiger partial charge in [-0.2, -0.15) is 0 Å². The summed E-state index contributed by atoms with van der Waals surface area (Å²) in [5, 5.41) is 10.8. The first-order chi connectivity index (χ1) is 19.4. The van der Waals surface area contributed by atoms with E-state index in [1.54, 1.807) is 6.07 Å². The highest BCUT2D eigenvalue weighted by Gasteiger charge is 2.30. The summed E-state index contributed by atoms with van der Waals surface area (Å²) in [7, 11) is 0. The van der Waals surface area contributed by atoms with Crippen molar-refractivity contribution < 1.29 is 19.1 Å². The van der Waals surface area contributed by atoms with Crippen molar-refractivity contribution in [3.63, 3.8) is 0 Å². The third kappa shape index (κ3) is 8.09. The van der Waals surface area contributed by atoms with Gasteiger partial charge in [0.2, 0.25) is 0 Å². The van der Waals surface area contributed by atoms with Crippen molar-refractivity contribution in [1.82, 2.24) is 5.32 Å². The first-order valence-electron chi connectivity index (χ1n) is 14.6. The predicted octanol–water partition coefficient (Wildman–Crippen LogP) is 7.82. The maximum absolute atomic E-state index is 13.9. The summed E-state index contributed by atoms with van der Waals surface area (Å²) in [6.45, 7) is 11.5. The first-order valence-corrected chi connectivity index (χ1v) is 14.6. The number of hydrogen-bond donors (Lipinski definition) is 3. The third-order valence-electron chi connectivity index (χ3n) is 7.64. The molecule has 0 radical (unpaired) electrons. The van der Waals surface area contributed by atoms with E-state index in [0.717, 1.165) is 65.3 Å². The van der Waals surface area contributed by atoms with Gasteiger partial charge in [0.05, 0.1) is 17.7 Å². The smallest absolute Gasteiger partial charge is 0.323 e. The molecule has 0 unspecified atom stereocenters. The van der Waals surface area contributed by atoms with E-state index in [9.17, 15) is 14.4 Å². The zero-order chi connectivity index (χ0) is 29.7. The van der Waals surface area contributed by atoms with E-state index < -0.39 is 11.6 Å². The average molecular weight is 558 g/mol. The van der Waals surface area contributed by atoms with E-state index in [-0.39, 0.29) is 30.3 Å². The van der Waals surface area contributed by atoms with E-state index >= 15 is 0 Å². The van der Waals surface area contributed by atoms with Crippen LogP contribution < -0.4 is 16.0 Å². The molecule has 0 saturated heterocycles. The maximum Gasteiger partial charge on any atom is 0.323 e. The standard InChI is InChI=1S/C34H43N3O4/c1-21-16-22(2)31(23(3)17-21)37-33(40)36-29-19-26-15-11-10-14-25(26)18-27(29)32(39)35-28(24-12-8-7-9-13-24)20-30(38)41-34(4,5)6/h10-11,14-19,24,28H,7-9,12-13,20H2,1-6H3,(H,35,39)(H2,36,37,40)/t28-/m1/s1. The summed E-state index contributed by atoms with van der Waals surface area (Å²) < 4.78 is 5.61. The Bertz CT molecular complexity index is 1410. The van der Waals surface area contributed by atoms with Crippen molar-refractivity contribution >= 4 is 40.1 Å². The van der Waals surface area contributed by atoms with Crippen molar-refractivity contribution in [2.24, 2.45) is 5.92 Å². The summed E-state index contributed by atoms with van der Waals surface area (Å²) in [6, 6.07) is 14.6. The molecule has 3 aromatic rings. The SMILES string of the molecule is Cc1cc(C)c(NC(=O)Nc2cc3ccccc3cc2C(=O)N[C@H](CC(=O)OC(C)(C)C)C2CCCCC2)c(C)c1. The van der Waals surface area contributed by atoms with Crippen LogP contribution in [0.3, 0.4) is 0 Å². The van der Waals surface area contributed by atoms with Gasteiger partial charge < -0.3 is 20.7 Å². The van der Waals surface area contributed by atoms with Gasteiger partial charge in [-0.05, 0) is 94.3 Å². The van der Waals surface area contributed by atoms with E-state index in [1.165, 1.54) is 0 Å². The number of rotatable bonds is 7. The van der Waals surface area contributed by atoms with Crippen LogP contribution in [-0.4, -0.2) is 29.6 Å². The number of urea groups is 1. The predicted molar refractivity (Wildman–Crippen MR) is 166 cm³/mol. The second-order valence-corrected chi connectivity index (χ2v) is 12.4. The molecule has 0 aliphatic heterocycles. The molecule has 218 valence electrons. The molecule has 3 aromatic carbocycles. The zero-order valence-corrected chi connectivity index (χ0v) is 25.1. The maximum atomic E-state index is 13.9. The molecule has 0 spiro atoms. The van der Waals surface area contributed by atoms with Crippen LogP contribution in [0.5, 0.6) is 0 Å². The topological polar surface area (TPSA) is 96.5 Å². The summed E-state index contributed by atoms with van der Waals surface area (Å²) in [5.41, 5.74) is 3.95. The minimum Gasteiger partial charge on any atom is -0.460 e. The van der Waals surface area contributed by atoms with Crippen LogP contribution in [0.2, 0.25) is 0 Å². The van der Waals surface area contributed by atoms with Crippen molar-refractivity contribution in [3.8, 4) is 0 Å². The first kappa shape index (κ1) is 30.1. The van der Waals surface area contributed by atoms with Crippen molar-refractivity contribution in [3.05, 3.63) is 70.8 Å². The molecule has 3 N–H and O–H groups in total. The van der Waals surface area contributed by atoms with E-state index in [4.69, 9.17) is 4.74 Å². The van der Waals surface area contributed by atoms with Crippen LogP contribution >= 0.6 is 0 Å². The third-order valence-corrected chi connectivity index (χ3v) is 7.64. The number of aryl methyl sites for hydroxylation is 3. The molecular weight excluding hydrogens is 514 g/mol. The van der Waals surface area contributed by atoms with Gasteiger partial charge in [0.25, 0.3) is 5.91 Å². The fraction of sp³-hybridized carbons (Fsp3) is 0.441. The zero-order valence-electron chi connectivity index (χ0n) is 25.1. The second kappa shape index (κ2) is 12.8. The van der Waals surface area contributed by atoms with E-state index in [0.29, 0.717) is 11.3 Å². The molecule has 4 rings (SSSR count). The Balaban J connectivity index is 1.61. The molecule has 1 atom stereocenters. The van der Waals surface area contributed by atoms with Gasteiger partial charge in [-0.25, -0.2) is 4.79 Å². The highest BCUT2D eigenvalue weighted by Crippen LogP contribution is 2.30. The summed E-state index contributed by atoms with van der Waals surface area (Å²) in [5.74, 6) is -0.464. The summed E-state index contributed by atoms with van der Waals surface area (Å²) in [4.78, 5) is 39.9. The Morgan fingerprint density at radius 2 is 1.49 bits per heavy atom. The Labute approximate surface area is 243 Å². The number of fused-ring (bicyclic) bond motifs is 1. The van der Waals surface area contributed by atoms with E-state index in [1.807, 2.05) is 84.0 Å². The van der Waals surface area contributed by atoms with Crippen LogP contribution in [0.1, 0.15) is 86.3 Å². The number of nitrogens with one attached hydrogen (secondary N) is 3. The van der Waals surface area contributed by atoms with Crippen LogP contribution in [0.25, 0.3) is 10.8 Å². The number of esters is 1. The Morgan fingerprint density at radius 3 is 2.10 bits per heavy atom. The largest absolute Gasteiger partial charge is 0.460 e. The molecule has 0 bridgehead atoms. The van der Waals surface area contributed by atoms with Gasteiger partial charge in [-0.15, -0.1) is 0 Å². The molecule has 0 heterocycles. The number of carbonyl (C=O) groups excluding carboxylic acids is 3. The molecule has 7 nitrogen and oxygen atoms in total. The molecule has 3 amide bonds. The number of amides is 3. The number of carbonyl (C=O) groups is 3. The lowest BCUT2D eigenvalue weighted by Crippen LogP contribution is -2.43. The minimum absolute atomic E-state index is 0.108. The van der Waals surface area contributed by atoms with E-state index in [2.05, 4.69) is 16.0 Å². The quantitative estimate of drug-likeness (QED) is 0.258. The van der Waals surface area contributed by atoms with Crippen LogP contribution in [0.4, 0.5) is 16.2 Å². The van der Waals surface area contributed by atoms with Gasteiger partial charge in [0, 0.05) is 11.7 Å². The highest BCUT2D eigenvalue weighted by atomic mass is 16.6. The van der Waals surface area contributed by atoms with Crippen LogP contribution in [0.15, 0.2) is 48.5 Å². The lowest BCUT2D eigenvalue weighted by molar-refractivity contribution is -0.155. The molecule has 1 aliphatic carbocycles. The molecule has 1 saturated carbocycles.